The fourth-order valence-corrected chi connectivity index (χ4v) is 2.13. The molecular weight excluding hydrogens is 228 g/mol. The molecule has 0 spiro atoms. The Morgan fingerprint density at radius 2 is 2.22 bits per heavy atom. The zero-order chi connectivity index (χ0) is 12.7. The van der Waals surface area contributed by atoms with Gasteiger partial charge in [-0.25, -0.2) is 9.97 Å². The maximum absolute atomic E-state index is 5.76. The molecule has 2 aromatic heterocycles. The highest BCUT2D eigenvalue weighted by Gasteiger charge is 2.11. The van der Waals surface area contributed by atoms with Crippen molar-refractivity contribution in [3.8, 4) is 11.3 Å². The van der Waals surface area contributed by atoms with Crippen molar-refractivity contribution < 1.29 is 4.42 Å². The van der Waals surface area contributed by atoms with Crippen molar-refractivity contribution in [3.05, 3.63) is 36.1 Å². The predicted molar refractivity (Wildman–Crippen MR) is 68.8 cm³/mol. The van der Waals surface area contributed by atoms with Gasteiger partial charge < -0.3 is 14.7 Å². The molecule has 0 atom stereocenters. The number of nitrogens with two attached hydrogens (primary N) is 1. The molecule has 0 aliphatic heterocycles. The highest BCUT2D eigenvalue weighted by atomic mass is 16.3. The Kier molecular flexibility index (Phi) is 2.41. The standard InChI is InChI=1S/C13H14N4O/c1-8-16-10-5-9(3-4-12(10)18-8)13-11(6-14)17(2)7-15-13/h3-5,7H,6,14H2,1-2H3. The SMILES string of the molecule is Cc1nc2cc(-c3ncn(C)c3CN)ccc2o1. The van der Waals surface area contributed by atoms with Crippen molar-refractivity contribution in [3.63, 3.8) is 0 Å². The Balaban J connectivity index is 2.18. The third kappa shape index (κ3) is 1.60. The number of imidazole rings is 1. The molecule has 92 valence electrons. The molecule has 2 heterocycles. The molecule has 0 unspecified atom stereocenters. The number of nitrogens with zero attached hydrogens (tertiary/aromatic N) is 3. The number of aryl methyl sites for hydroxylation is 2. The number of aromatic nitrogens is 3. The van der Waals surface area contributed by atoms with Gasteiger partial charge in [0, 0.05) is 26.1 Å². The summed E-state index contributed by atoms with van der Waals surface area (Å²) in [6.45, 7) is 2.30. The monoisotopic (exact) mass is 242 g/mol. The molecule has 0 aliphatic rings. The lowest BCUT2D eigenvalue weighted by atomic mass is 10.1. The minimum Gasteiger partial charge on any atom is -0.441 e. The number of rotatable bonds is 2. The van der Waals surface area contributed by atoms with E-state index in [0.29, 0.717) is 12.4 Å². The molecule has 18 heavy (non-hydrogen) atoms. The van der Waals surface area contributed by atoms with E-state index in [1.165, 1.54) is 0 Å². The van der Waals surface area contributed by atoms with Crippen LogP contribution in [-0.2, 0) is 13.6 Å². The molecule has 0 aliphatic carbocycles. The van der Waals surface area contributed by atoms with Crippen LogP contribution in [-0.4, -0.2) is 14.5 Å². The minimum absolute atomic E-state index is 0.460. The Labute approximate surface area is 104 Å². The third-order valence-corrected chi connectivity index (χ3v) is 3.02. The highest BCUT2D eigenvalue weighted by Crippen LogP contribution is 2.25. The molecule has 0 saturated heterocycles. The first kappa shape index (κ1) is 11.0. The Morgan fingerprint density at radius 3 is 3.00 bits per heavy atom. The van der Waals surface area contributed by atoms with Crippen LogP contribution >= 0.6 is 0 Å². The van der Waals surface area contributed by atoms with E-state index in [2.05, 4.69) is 9.97 Å². The number of benzene rings is 1. The van der Waals surface area contributed by atoms with Crippen LogP contribution in [0.5, 0.6) is 0 Å². The van der Waals surface area contributed by atoms with Crippen molar-refractivity contribution >= 4 is 11.1 Å². The summed E-state index contributed by atoms with van der Waals surface area (Å²) in [6, 6.07) is 5.88. The molecule has 2 N–H and O–H groups in total. The Hall–Kier alpha value is -2.14. The van der Waals surface area contributed by atoms with Crippen LogP contribution in [0.25, 0.3) is 22.4 Å². The van der Waals surface area contributed by atoms with E-state index in [0.717, 1.165) is 28.1 Å². The summed E-state index contributed by atoms with van der Waals surface area (Å²) in [5.74, 6) is 0.669. The van der Waals surface area contributed by atoms with E-state index in [1.807, 2.05) is 36.7 Å². The fraction of sp³-hybridized carbons (Fsp3) is 0.231. The molecule has 5 nitrogen and oxygen atoms in total. The van der Waals surface area contributed by atoms with E-state index < -0.39 is 0 Å². The predicted octanol–water partition coefficient (Wildman–Crippen LogP) is 2.00. The van der Waals surface area contributed by atoms with Crippen LogP contribution in [0.3, 0.4) is 0 Å². The van der Waals surface area contributed by atoms with E-state index in [4.69, 9.17) is 10.2 Å². The van der Waals surface area contributed by atoms with Gasteiger partial charge in [-0.2, -0.15) is 0 Å². The van der Waals surface area contributed by atoms with Gasteiger partial charge in [-0.1, -0.05) is 0 Å². The number of hydrogen-bond acceptors (Lipinski definition) is 4. The van der Waals surface area contributed by atoms with Crippen LogP contribution in [0.15, 0.2) is 28.9 Å². The van der Waals surface area contributed by atoms with E-state index in [-0.39, 0.29) is 0 Å². The number of hydrogen-bond donors (Lipinski definition) is 1. The van der Waals surface area contributed by atoms with Crippen LogP contribution in [0, 0.1) is 6.92 Å². The highest BCUT2D eigenvalue weighted by molar-refractivity contribution is 5.80. The van der Waals surface area contributed by atoms with Crippen LogP contribution in [0.1, 0.15) is 11.6 Å². The second kappa shape index (κ2) is 3.96. The van der Waals surface area contributed by atoms with Crippen LogP contribution in [0.2, 0.25) is 0 Å². The molecule has 0 amide bonds. The second-order valence-electron chi connectivity index (χ2n) is 4.27. The average Bonchev–Trinajstić information content (AvgIpc) is 2.89. The van der Waals surface area contributed by atoms with Gasteiger partial charge in [0.15, 0.2) is 11.5 Å². The van der Waals surface area contributed by atoms with Gasteiger partial charge in [0.05, 0.1) is 17.7 Å². The van der Waals surface area contributed by atoms with Gasteiger partial charge in [0.2, 0.25) is 0 Å². The van der Waals surface area contributed by atoms with Crippen molar-refractivity contribution in [2.24, 2.45) is 12.8 Å². The maximum Gasteiger partial charge on any atom is 0.192 e. The molecule has 0 saturated carbocycles. The summed E-state index contributed by atoms with van der Waals surface area (Å²) < 4.78 is 7.40. The second-order valence-corrected chi connectivity index (χ2v) is 4.27. The summed E-state index contributed by atoms with van der Waals surface area (Å²) >= 11 is 0. The quantitative estimate of drug-likeness (QED) is 0.746. The van der Waals surface area contributed by atoms with Crippen molar-refractivity contribution in [2.45, 2.75) is 13.5 Å². The summed E-state index contributed by atoms with van der Waals surface area (Å²) in [5, 5.41) is 0. The lowest BCUT2D eigenvalue weighted by Gasteiger charge is -2.02. The van der Waals surface area contributed by atoms with E-state index in [1.54, 1.807) is 6.33 Å². The lowest BCUT2D eigenvalue weighted by Crippen LogP contribution is -2.04. The zero-order valence-corrected chi connectivity index (χ0v) is 10.3. The molecule has 0 bridgehead atoms. The average molecular weight is 242 g/mol. The first-order valence-electron chi connectivity index (χ1n) is 5.77. The van der Waals surface area contributed by atoms with E-state index in [9.17, 15) is 0 Å². The minimum atomic E-state index is 0.460. The summed E-state index contributed by atoms with van der Waals surface area (Å²) in [6.07, 6.45) is 1.77. The molecule has 0 radical (unpaired) electrons. The van der Waals surface area contributed by atoms with Gasteiger partial charge in [-0.05, 0) is 18.2 Å². The van der Waals surface area contributed by atoms with E-state index >= 15 is 0 Å². The molecule has 3 aromatic rings. The van der Waals surface area contributed by atoms with Crippen LogP contribution < -0.4 is 5.73 Å². The topological polar surface area (TPSA) is 69.9 Å². The van der Waals surface area contributed by atoms with Crippen molar-refractivity contribution in [1.29, 1.82) is 0 Å². The first-order chi connectivity index (χ1) is 8.69. The first-order valence-corrected chi connectivity index (χ1v) is 5.77. The van der Waals surface area contributed by atoms with Gasteiger partial charge in [0.25, 0.3) is 0 Å². The Bertz CT molecular complexity index is 711. The molecule has 5 heteroatoms. The number of fused-ring (bicyclic) bond motifs is 1. The molecule has 1 aromatic carbocycles. The molecule has 0 fully saturated rings. The van der Waals surface area contributed by atoms with Crippen LogP contribution in [0.4, 0.5) is 0 Å². The van der Waals surface area contributed by atoms with Gasteiger partial charge in [-0.3, -0.25) is 0 Å². The molecular formula is C13H14N4O. The maximum atomic E-state index is 5.76. The third-order valence-electron chi connectivity index (χ3n) is 3.02. The normalized spacial score (nSPS) is 11.3. The molecule has 3 rings (SSSR count). The fourth-order valence-electron chi connectivity index (χ4n) is 2.13. The van der Waals surface area contributed by atoms with Gasteiger partial charge >= 0.3 is 0 Å². The Morgan fingerprint density at radius 1 is 1.39 bits per heavy atom. The summed E-state index contributed by atoms with van der Waals surface area (Å²) in [4.78, 5) is 8.72. The van der Waals surface area contributed by atoms with Gasteiger partial charge in [0.1, 0.15) is 5.52 Å². The van der Waals surface area contributed by atoms with Gasteiger partial charge in [-0.15, -0.1) is 0 Å². The lowest BCUT2D eigenvalue weighted by molar-refractivity contribution is 0.561. The largest absolute Gasteiger partial charge is 0.441 e. The van der Waals surface area contributed by atoms with Crippen molar-refractivity contribution in [1.82, 2.24) is 14.5 Å². The summed E-state index contributed by atoms with van der Waals surface area (Å²) in [5.41, 5.74) is 10.3. The number of oxazole rings is 1. The summed E-state index contributed by atoms with van der Waals surface area (Å²) in [7, 11) is 1.94. The zero-order valence-electron chi connectivity index (χ0n) is 10.3. The van der Waals surface area contributed by atoms with Crippen molar-refractivity contribution in [2.75, 3.05) is 0 Å². The smallest absolute Gasteiger partial charge is 0.192 e.